The van der Waals surface area contributed by atoms with Gasteiger partial charge in [-0.25, -0.2) is 9.78 Å². The first-order chi connectivity index (χ1) is 8.67. The lowest BCUT2D eigenvalue weighted by Crippen LogP contribution is -2.44. The summed E-state index contributed by atoms with van der Waals surface area (Å²) in [6.45, 7) is -1.19. The molecule has 0 aromatic carbocycles. The minimum atomic E-state index is -4.69. The topological polar surface area (TPSA) is 95.4 Å². The Balaban J connectivity index is 2.73. The molecule has 7 nitrogen and oxygen atoms in total. The van der Waals surface area contributed by atoms with E-state index >= 15 is 0 Å². The third kappa shape index (κ3) is 5.50. The first kappa shape index (κ1) is 15.1. The van der Waals surface area contributed by atoms with Crippen molar-refractivity contribution >= 4 is 28.7 Å². The van der Waals surface area contributed by atoms with E-state index < -0.39 is 31.3 Å². The van der Waals surface area contributed by atoms with Crippen LogP contribution < -0.4 is 5.32 Å². The van der Waals surface area contributed by atoms with E-state index in [4.69, 9.17) is 5.11 Å². The van der Waals surface area contributed by atoms with Gasteiger partial charge in [0.2, 0.25) is 5.13 Å². The van der Waals surface area contributed by atoms with E-state index in [-0.39, 0.29) is 10.0 Å². The molecule has 0 unspecified atom stereocenters. The smallest absolute Gasteiger partial charge is 0.406 e. The van der Waals surface area contributed by atoms with Gasteiger partial charge in [0.15, 0.2) is 0 Å². The van der Waals surface area contributed by atoms with Crippen LogP contribution in [-0.4, -0.2) is 50.6 Å². The molecule has 0 spiro atoms. The van der Waals surface area contributed by atoms with Gasteiger partial charge in [-0.05, 0) is 6.92 Å². The van der Waals surface area contributed by atoms with Crippen molar-refractivity contribution in [2.24, 2.45) is 0 Å². The molecule has 0 aliphatic heterocycles. The second-order valence-electron chi connectivity index (χ2n) is 3.44. The summed E-state index contributed by atoms with van der Waals surface area (Å²) in [7, 11) is 0. The lowest BCUT2D eigenvalue weighted by atomic mass is 10.5. The number of amides is 2. The van der Waals surface area contributed by atoms with Crippen LogP contribution in [-0.2, 0) is 4.79 Å². The van der Waals surface area contributed by atoms with Gasteiger partial charge in [0.25, 0.3) is 0 Å². The van der Waals surface area contributed by atoms with Gasteiger partial charge < -0.3 is 10.0 Å². The van der Waals surface area contributed by atoms with Gasteiger partial charge in [0.05, 0.1) is 0 Å². The summed E-state index contributed by atoms with van der Waals surface area (Å²) >= 11 is 0.784. The number of hydrogen-bond acceptors (Lipinski definition) is 5. The summed E-state index contributed by atoms with van der Waals surface area (Å²) in [4.78, 5) is 25.8. The highest BCUT2D eigenvalue weighted by Gasteiger charge is 2.34. The van der Waals surface area contributed by atoms with Crippen molar-refractivity contribution in [2.45, 2.75) is 13.1 Å². The molecule has 2 amide bonds. The average Bonchev–Trinajstić information content (AvgIpc) is 2.60. The fourth-order valence-corrected chi connectivity index (χ4v) is 1.66. The molecule has 1 heterocycles. The molecule has 106 valence electrons. The van der Waals surface area contributed by atoms with Crippen LogP contribution in [0.5, 0.6) is 0 Å². The molecule has 1 aromatic rings. The van der Waals surface area contributed by atoms with Crippen molar-refractivity contribution in [3.8, 4) is 0 Å². The number of carbonyl (C=O) groups is 2. The number of alkyl halides is 3. The lowest BCUT2D eigenvalue weighted by molar-refractivity contribution is -0.148. The third-order valence-corrected chi connectivity index (χ3v) is 2.45. The van der Waals surface area contributed by atoms with Crippen molar-refractivity contribution in [1.82, 2.24) is 14.3 Å². The minimum absolute atomic E-state index is 0.0000586. The number of carboxylic acids is 1. The van der Waals surface area contributed by atoms with Crippen LogP contribution in [0.3, 0.4) is 0 Å². The Morgan fingerprint density at radius 3 is 2.53 bits per heavy atom. The molecule has 0 aliphatic rings. The molecular weight excluding hydrogens is 289 g/mol. The fourth-order valence-electron chi connectivity index (χ4n) is 1.10. The van der Waals surface area contributed by atoms with Crippen molar-refractivity contribution in [1.29, 1.82) is 0 Å². The van der Waals surface area contributed by atoms with E-state index in [1.807, 2.05) is 0 Å². The van der Waals surface area contributed by atoms with Crippen molar-refractivity contribution in [3.05, 3.63) is 5.82 Å². The number of aliphatic carboxylic acids is 1. The van der Waals surface area contributed by atoms with Crippen molar-refractivity contribution in [3.63, 3.8) is 0 Å². The third-order valence-electron chi connectivity index (χ3n) is 1.72. The Labute approximate surface area is 109 Å². The van der Waals surface area contributed by atoms with Gasteiger partial charge in [-0.2, -0.15) is 17.5 Å². The van der Waals surface area contributed by atoms with E-state index in [2.05, 4.69) is 14.7 Å². The van der Waals surface area contributed by atoms with Gasteiger partial charge in [0.1, 0.15) is 18.9 Å². The van der Waals surface area contributed by atoms with Crippen LogP contribution in [0, 0.1) is 6.92 Å². The quantitative estimate of drug-likeness (QED) is 0.874. The highest BCUT2D eigenvalue weighted by Crippen LogP contribution is 2.18. The van der Waals surface area contributed by atoms with Crippen LogP contribution >= 0.6 is 11.5 Å². The molecule has 1 rings (SSSR count). The van der Waals surface area contributed by atoms with Crippen LogP contribution in [0.15, 0.2) is 0 Å². The van der Waals surface area contributed by atoms with E-state index in [9.17, 15) is 22.8 Å². The molecule has 0 aliphatic carbocycles. The Hall–Kier alpha value is -1.91. The van der Waals surface area contributed by atoms with Crippen LogP contribution in [0.2, 0.25) is 0 Å². The Bertz CT molecular complexity index is 476. The summed E-state index contributed by atoms with van der Waals surface area (Å²) in [5.41, 5.74) is 0. The van der Waals surface area contributed by atoms with Crippen LogP contribution in [0.25, 0.3) is 0 Å². The molecule has 0 atom stereocenters. The van der Waals surface area contributed by atoms with Crippen molar-refractivity contribution in [2.75, 3.05) is 18.4 Å². The second kappa shape index (κ2) is 5.82. The summed E-state index contributed by atoms with van der Waals surface area (Å²) in [5, 5.41) is 10.5. The van der Waals surface area contributed by atoms with Gasteiger partial charge >= 0.3 is 18.2 Å². The molecule has 0 bridgehead atoms. The predicted octanol–water partition coefficient (Wildman–Crippen LogP) is 1.33. The largest absolute Gasteiger partial charge is 0.480 e. The summed E-state index contributed by atoms with van der Waals surface area (Å²) < 4.78 is 40.4. The minimum Gasteiger partial charge on any atom is -0.480 e. The maximum atomic E-state index is 12.2. The molecule has 11 heteroatoms. The van der Waals surface area contributed by atoms with Gasteiger partial charge in [0, 0.05) is 11.5 Å². The van der Waals surface area contributed by atoms with Gasteiger partial charge in [-0.1, -0.05) is 0 Å². The number of anilines is 1. The second-order valence-corrected chi connectivity index (χ2v) is 4.19. The molecule has 0 saturated carbocycles. The number of hydrogen-bond donors (Lipinski definition) is 2. The molecule has 1 aromatic heterocycles. The van der Waals surface area contributed by atoms with E-state index in [1.54, 1.807) is 0 Å². The number of nitrogens with zero attached hydrogens (tertiary/aromatic N) is 3. The number of carboxylic acid groups (broad SMARTS) is 1. The number of carbonyl (C=O) groups excluding carboxylic acids is 1. The molecule has 0 radical (unpaired) electrons. The number of aromatic nitrogens is 2. The van der Waals surface area contributed by atoms with Crippen LogP contribution in [0.1, 0.15) is 5.82 Å². The SMILES string of the molecule is Cc1nsc(NC(=O)N(CC(=O)O)CC(F)(F)F)n1. The van der Waals surface area contributed by atoms with Gasteiger partial charge in [-0.15, -0.1) is 0 Å². The Morgan fingerprint density at radius 1 is 1.47 bits per heavy atom. The first-order valence-electron chi connectivity index (χ1n) is 4.82. The predicted molar refractivity (Wildman–Crippen MR) is 58.9 cm³/mol. The monoisotopic (exact) mass is 298 g/mol. The molecule has 0 fully saturated rings. The maximum Gasteiger partial charge on any atom is 0.406 e. The fraction of sp³-hybridized carbons (Fsp3) is 0.500. The highest BCUT2D eigenvalue weighted by molar-refractivity contribution is 7.09. The van der Waals surface area contributed by atoms with Crippen LogP contribution in [0.4, 0.5) is 23.1 Å². The first-order valence-corrected chi connectivity index (χ1v) is 5.59. The Kier molecular flexibility index (Phi) is 4.64. The Morgan fingerprint density at radius 2 is 2.11 bits per heavy atom. The van der Waals surface area contributed by atoms with E-state index in [0.717, 1.165) is 11.5 Å². The lowest BCUT2D eigenvalue weighted by Gasteiger charge is -2.21. The standard InChI is InChI=1S/C8H9F3N4O3S/c1-4-12-6(19-14-4)13-7(18)15(2-5(16)17)3-8(9,10)11/h2-3H2,1H3,(H,16,17)(H,12,13,14,18). The van der Waals surface area contributed by atoms with Crippen molar-refractivity contribution < 1.29 is 27.9 Å². The summed E-state index contributed by atoms with van der Waals surface area (Å²) in [6.07, 6.45) is -4.69. The number of halogens is 3. The van der Waals surface area contributed by atoms with E-state index in [1.165, 1.54) is 6.92 Å². The normalized spacial score (nSPS) is 11.2. The zero-order chi connectivity index (χ0) is 14.6. The molecule has 19 heavy (non-hydrogen) atoms. The maximum absolute atomic E-state index is 12.2. The molecular formula is C8H9F3N4O3S. The number of aryl methyl sites for hydroxylation is 1. The van der Waals surface area contributed by atoms with E-state index in [0.29, 0.717) is 5.82 Å². The van der Waals surface area contributed by atoms with Gasteiger partial charge in [-0.3, -0.25) is 10.1 Å². The number of urea groups is 1. The number of rotatable bonds is 4. The summed E-state index contributed by atoms with van der Waals surface area (Å²) in [6, 6.07) is -1.20. The highest BCUT2D eigenvalue weighted by atomic mass is 32.1. The zero-order valence-electron chi connectivity index (χ0n) is 9.56. The summed E-state index contributed by atoms with van der Waals surface area (Å²) in [5.74, 6) is -1.20. The number of nitrogens with one attached hydrogen (secondary N) is 1. The molecule has 2 N–H and O–H groups in total. The zero-order valence-corrected chi connectivity index (χ0v) is 10.4. The average molecular weight is 298 g/mol. The molecule has 0 saturated heterocycles.